The van der Waals surface area contributed by atoms with Crippen molar-refractivity contribution in [2.24, 2.45) is 0 Å². The lowest BCUT2D eigenvalue weighted by molar-refractivity contribution is -0.131. The van der Waals surface area contributed by atoms with Crippen LogP contribution >= 0.6 is 0 Å². The largest absolute Gasteiger partial charge is 0.495 e. The number of benzene rings is 2. The molecule has 150 valence electrons. The molecule has 2 aromatic carbocycles. The minimum atomic E-state index is 0.171. The maximum atomic E-state index is 12.7. The summed E-state index contributed by atoms with van der Waals surface area (Å²) in [5, 5.41) is 0. The van der Waals surface area contributed by atoms with Crippen LogP contribution in [0.2, 0.25) is 0 Å². The van der Waals surface area contributed by atoms with Gasteiger partial charge in [0.05, 0.1) is 27.0 Å². The van der Waals surface area contributed by atoms with Gasteiger partial charge >= 0.3 is 0 Å². The zero-order valence-electron chi connectivity index (χ0n) is 16.8. The predicted molar refractivity (Wildman–Crippen MR) is 110 cm³/mol. The second-order valence-corrected chi connectivity index (χ2v) is 6.69. The molecule has 1 saturated heterocycles. The molecule has 1 heterocycles. The van der Waals surface area contributed by atoms with Crippen LogP contribution in [-0.2, 0) is 11.2 Å². The average molecular weight is 384 g/mol. The number of amides is 1. The minimum Gasteiger partial charge on any atom is -0.495 e. The summed E-state index contributed by atoms with van der Waals surface area (Å²) >= 11 is 0. The molecule has 6 nitrogen and oxygen atoms in total. The molecule has 1 amide bonds. The first-order valence-corrected chi connectivity index (χ1v) is 9.53. The molecule has 6 heteroatoms. The van der Waals surface area contributed by atoms with Crippen LogP contribution in [0.15, 0.2) is 42.5 Å². The number of para-hydroxylation sites is 3. The van der Waals surface area contributed by atoms with Crippen LogP contribution in [0.25, 0.3) is 0 Å². The van der Waals surface area contributed by atoms with Crippen molar-refractivity contribution in [1.82, 2.24) is 4.90 Å². The standard InChI is InChI=1S/C22H28N2O4/c1-26-19-9-5-4-8-18(19)23-13-15-24(16-14-23)21(25)12-11-17-7-6-10-20(27-2)22(17)28-3/h4-10H,11-16H2,1-3H3. The molecule has 1 aliphatic heterocycles. The zero-order chi connectivity index (χ0) is 19.9. The summed E-state index contributed by atoms with van der Waals surface area (Å²) in [6, 6.07) is 13.8. The highest BCUT2D eigenvalue weighted by Crippen LogP contribution is 2.32. The molecule has 1 fully saturated rings. The first-order chi connectivity index (χ1) is 13.7. The lowest BCUT2D eigenvalue weighted by atomic mass is 10.1. The highest BCUT2D eigenvalue weighted by molar-refractivity contribution is 5.77. The normalized spacial score (nSPS) is 14.0. The number of rotatable bonds is 7. The van der Waals surface area contributed by atoms with E-state index in [4.69, 9.17) is 14.2 Å². The molecule has 3 rings (SSSR count). The monoisotopic (exact) mass is 384 g/mol. The van der Waals surface area contributed by atoms with Crippen molar-refractivity contribution in [2.45, 2.75) is 12.8 Å². The van der Waals surface area contributed by atoms with E-state index in [-0.39, 0.29) is 5.91 Å². The number of carbonyl (C=O) groups excluding carboxylic acids is 1. The van der Waals surface area contributed by atoms with Gasteiger partial charge in [0.1, 0.15) is 5.75 Å². The van der Waals surface area contributed by atoms with E-state index in [0.29, 0.717) is 37.4 Å². The Morgan fingerprint density at radius 2 is 1.54 bits per heavy atom. The Morgan fingerprint density at radius 1 is 0.857 bits per heavy atom. The van der Waals surface area contributed by atoms with E-state index in [9.17, 15) is 4.79 Å². The summed E-state index contributed by atoms with van der Waals surface area (Å²) in [5.74, 6) is 2.44. The van der Waals surface area contributed by atoms with Crippen LogP contribution in [0, 0.1) is 0 Å². The van der Waals surface area contributed by atoms with Crippen molar-refractivity contribution in [3.05, 3.63) is 48.0 Å². The topological polar surface area (TPSA) is 51.2 Å². The molecule has 0 radical (unpaired) electrons. The summed E-state index contributed by atoms with van der Waals surface area (Å²) in [6.45, 7) is 3.03. The highest BCUT2D eigenvalue weighted by Gasteiger charge is 2.23. The average Bonchev–Trinajstić information content (AvgIpc) is 2.77. The molecule has 0 saturated carbocycles. The summed E-state index contributed by atoms with van der Waals surface area (Å²) in [7, 11) is 4.93. The minimum absolute atomic E-state index is 0.171. The number of carbonyl (C=O) groups is 1. The number of hydrogen-bond donors (Lipinski definition) is 0. The van der Waals surface area contributed by atoms with Crippen molar-refractivity contribution >= 4 is 11.6 Å². The van der Waals surface area contributed by atoms with Gasteiger partial charge in [-0.05, 0) is 30.2 Å². The first-order valence-electron chi connectivity index (χ1n) is 9.53. The SMILES string of the molecule is COc1ccccc1N1CCN(C(=O)CCc2cccc(OC)c2OC)CC1. The Kier molecular flexibility index (Phi) is 6.63. The lowest BCUT2D eigenvalue weighted by Crippen LogP contribution is -2.48. The van der Waals surface area contributed by atoms with E-state index >= 15 is 0 Å². The Hall–Kier alpha value is -2.89. The van der Waals surface area contributed by atoms with Crippen LogP contribution < -0.4 is 19.1 Å². The second-order valence-electron chi connectivity index (χ2n) is 6.69. The fraction of sp³-hybridized carbons (Fsp3) is 0.409. The number of hydrogen-bond acceptors (Lipinski definition) is 5. The number of aryl methyl sites for hydroxylation is 1. The van der Waals surface area contributed by atoms with Crippen molar-refractivity contribution < 1.29 is 19.0 Å². The number of nitrogens with zero attached hydrogens (tertiary/aromatic N) is 2. The maximum Gasteiger partial charge on any atom is 0.223 e. The lowest BCUT2D eigenvalue weighted by Gasteiger charge is -2.36. The van der Waals surface area contributed by atoms with Crippen LogP contribution in [0.5, 0.6) is 17.2 Å². The van der Waals surface area contributed by atoms with Crippen LogP contribution in [0.1, 0.15) is 12.0 Å². The molecule has 0 N–H and O–H groups in total. The van der Waals surface area contributed by atoms with Gasteiger partial charge in [-0.25, -0.2) is 0 Å². The van der Waals surface area contributed by atoms with Gasteiger partial charge in [-0.15, -0.1) is 0 Å². The molecule has 2 aromatic rings. The molecule has 0 bridgehead atoms. The van der Waals surface area contributed by atoms with Crippen molar-refractivity contribution in [1.29, 1.82) is 0 Å². The molecule has 28 heavy (non-hydrogen) atoms. The quantitative estimate of drug-likeness (QED) is 0.735. The molecule has 1 aliphatic rings. The smallest absolute Gasteiger partial charge is 0.223 e. The molecule has 0 unspecified atom stereocenters. The molecular formula is C22H28N2O4. The summed E-state index contributed by atoms with van der Waals surface area (Å²) in [4.78, 5) is 16.9. The van der Waals surface area contributed by atoms with Crippen LogP contribution in [0.3, 0.4) is 0 Å². The maximum absolute atomic E-state index is 12.7. The van der Waals surface area contributed by atoms with Gasteiger partial charge in [0, 0.05) is 32.6 Å². The van der Waals surface area contributed by atoms with Gasteiger partial charge < -0.3 is 24.0 Å². The zero-order valence-corrected chi connectivity index (χ0v) is 16.8. The summed E-state index contributed by atoms with van der Waals surface area (Å²) in [5.41, 5.74) is 2.07. The third kappa shape index (κ3) is 4.32. The molecule has 0 aliphatic carbocycles. The number of anilines is 1. The van der Waals surface area contributed by atoms with Gasteiger partial charge in [0.25, 0.3) is 0 Å². The fourth-order valence-corrected chi connectivity index (χ4v) is 3.64. The van der Waals surface area contributed by atoms with E-state index < -0.39 is 0 Å². The van der Waals surface area contributed by atoms with E-state index in [1.807, 2.05) is 41.3 Å². The fourth-order valence-electron chi connectivity index (χ4n) is 3.64. The van der Waals surface area contributed by atoms with Gasteiger partial charge in [0.2, 0.25) is 5.91 Å². The van der Waals surface area contributed by atoms with Gasteiger partial charge in [-0.1, -0.05) is 24.3 Å². The van der Waals surface area contributed by atoms with Gasteiger partial charge in [-0.3, -0.25) is 4.79 Å². The Balaban J connectivity index is 1.56. The summed E-state index contributed by atoms with van der Waals surface area (Å²) < 4.78 is 16.3. The predicted octanol–water partition coefficient (Wildman–Crippen LogP) is 2.99. The first kappa shape index (κ1) is 19.9. The number of methoxy groups -OCH3 is 3. The van der Waals surface area contributed by atoms with E-state index in [1.165, 1.54) is 0 Å². The van der Waals surface area contributed by atoms with Crippen molar-refractivity contribution in [3.8, 4) is 17.2 Å². The third-order valence-corrected chi connectivity index (χ3v) is 5.15. The third-order valence-electron chi connectivity index (χ3n) is 5.15. The number of ether oxygens (including phenoxy) is 3. The van der Waals surface area contributed by atoms with Crippen LogP contribution in [-0.4, -0.2) is 58.3 Å². The Bertz CT molecular complexity index is 801. The van der Waals surface area contributed by atoms with E-state index in [1.54, 1.807) is 21.3 Å². The molecule has 0 atom stereocenters. The van der Waals surface area contributed by atoms with E-state index in [0.717, 1.165) is 30.1 Å². The van der Waals surface area contributed by atoms with Gasteiger partial charge in [-0.2, -0.15) is 0 Å². The van der Waals surface area contributed by atoms with Crippen molar-refractivity contribution in [2.75, 3.05) is 52.4 Å². The van der Waals surface area contributed by atoms with Gasteiger partial charge in [0.15, 0.2) is 11.5 Å². The summed E-state index contributed by atoms with van der Waals surface area (Å²) in [6.07, 6.45) is 1.09. The van der Waals surface area contributed by atoms with Crippen molar-refractivity contribution in [3.63, 3.8) is 0 Å². The molecule has 0 aromatic heterocycles. The Morgan fingerprint density at radius 3 is 2.21 bits per heavy atom. The highest BCUT2D eigenvalue weighted by atomic mass is 16.5. The van der Waals surface area contributed by atoms with Crippen LogP contribution in [0.4, 0.5) is 5.69 Å². The second kappa shape index (κ2) is 9.35. The van der Waals surface area contributed by atoms with E-state index in [2.05, 4.69) is 11.0 Å². The molecule has 0 spiro atoms. The Labute approximate surface area is 166 Å². The number of piperazine rings is 1. The molecular weight excluding hydrogens is 356 g/mol.